The number of carbonyl (C=O) groups is 1. The van der Waals surface area contributed by atoms with Crippen LogP contribution in [0.15, 0.2) is 51.7 Å². The number of oxazole rings is 1. The fourth-order valence-electron chi connectivity index (χ4n) is 2.76. The lowest BCUT2D eigenvalue weighted by Gasteiger charge is -2.11. The van der Waals surface area contributed by atoms with Crippen molar-refractivity contribution in [2.45, 2.75) is 25.8 Å². The van der Waals surface area contributed by atoms with Crippen LogP contribution in [0.3, 0.4) is 0 Å². The van der Waals surface area contributed by atoms with Gasteiger partial charge in [0.15, 0.2) is 5.76 Å². The first kappa shape index (κ1) is 19.2. The van der Waals surface area contributed by atoms with E-state index in [0.29, 0.717) is 11.5 Å². The van der Waals surface area contributed by atoms with Crippen LogP contribution in [0.5, 0.6) is 17.4 Å². The molecule has 0 saturated heterocycles. The molecule has 1 unspecified atom stereocenters. The molecule has 0 aliphatic heterocycles. The summed E-state index contributed by atoms with van der Waals surface area (Å²) in [5.74, 6) is -0.574. The van der Waals surface area contributed by atoms with Gasteiger partial charge in [0.25, 0.3) is 0 Å². The Labute approximate surface area is 160 Å². The number of aromatic nitrogens is 1. The van der Waals surface area contributed by atoms with Crippen molar-refractivity contribution in [3.63, 3.8) is 0 Å². The van der Waals surface area contributed by atoms with E-state index in [4.69, 9.17) is 20.0 Å². The number of H-pyrrole nitrogens is 1. The van der Waals surface area contributed by atoms with E-state index in [1.807, 2.05) is 19.1 Å². The van der Waals surface area contributed by atoms with Gasteiger partial charge in [-0.15, -0.1) is 0 Å². The SMILES string of the molecule is Cc1cc(Cc2oc(=O)[nH]c2O)ccc1Oc1ccc(CC(N)C(=O)O)cc1. The van der Waals surface area contributed by atoms with Crippen molar-refractivity contribution < 1.29 is 24.2 Å². The maximum absolute atomic E-state index is 11.1. The van der Waals surface area contributed by atoms with Gasteiger partial charge in [0.05, 0.1) is 0 Å². The molecule has 146 valence electrons. The van der Waals surface area contributed by atoms with E-state index in [1.165, 1.54) is 0 Å². The molecule has 3 aromatic rings. The van der Waals surface area contributed by atoms with Gasteiger partial charge >= 0.3 is 11.7 Å². The number of hydrogen-bond donors (Lipinski definition) is 4. The average Bonchev–Trinajstić information content (AvgIpc) is 2.96. The normalized spacial score (nSPS) is 11.9. The Morgan fingerprint density at radius 2 is 1.89 bits per heavy atom. The smallest absolute Gasteiger partial charge is 0.419 e. The monoisotopic (exact) mass is 384 g/mol. The number of aryl methyl sites for hydroxylation is 1. The number of aromatic hydroxyl groups is 1. The molecule has 28 heavy (non-hydrogen) atoms. The Hall–Kier alpha value is -3.52. The van der Waals surface area contributed by atoms with Gasteiger partial charge in [-0.25, -0.2) is 4.79 Å². The van der Waals surface area contributed by atoms with Crippen molar-refractivity contribution >= 4 is 5.97 Å². The lowest BCUT2D eigenvalue weighted by molar-refractivity contribution is -0.138. The molecule has 8 heteroatoms. The van der Waals surface area contributed by atoms with E-state index >= 15 is 0 Å². The summed E-state index contributed by atoms with van der Waals surface area (Å²) in [5, 5.41) is 18.5. The molecule has 3 rings (SSSR count). The topological polar surface area (TPSA) is 139 Å². The molecule has 1 heterocycles. The van der Waals surface area contributed by atoms with Gasteiger partial charge in [0.2, 0.25) is 5.88 Å². The Kier molecular flexibility index (Phi) is 5.51. The van der Waals surface area contributed by atoms with E-state index in [-0.39, 0.29) is 24.5 Å². The third-order valence-corrected chi connectivity index (χ3v) is 4.23. The second kappa shape index (κ2) is 8.01. The summed E-state index contributed by atoms with van der Waals surface area (Å²) in [5.41, 5.74) is 8.06. The molecule has 0 radical (unpaired) electrons. The highest BCUT2D eigenvalue weighted by Crippen LogP contribution is 2.27. The zero-order chi connectivity index (χ0) is 20.3. The third kappa shape index (κ3) is 4.60. The summed E-state index contributed by atoms with van der Waals surface area (Å²) in [4.78, 5) is 24.1. The molecule has 8 nitrogen and oxygen atoms in total. The fraction of sp³-hybridized carbons (Fsp3) is 0.200. The number of carboxylic acid groups (broad SMARTS) is 1. The molecule has 5 N–H and O–H groups in total. The molecule has 0 bridgehead atoms. The van der Waals surface area contributed by atoms with Crippen LogP contribution in [0.25, 0.3) is 0 Å². The zero-order valence-electron chi connectivity index (χ0n) is 15.1. The first-order valence-electron chi connectivity index (χ1n) is 8.57. The van der Waals surface area contributed by atoms with E-state index in [9.17, 15) is 14.7 Å². The highest BCUT2D eigenvalue weighted by Gasteiger charge is 2.13. The standard InChI is InChI=1S/C20H20N2O6/c1-11-8-13(10-17-18(23)22-20(26)28-17)4-7-16(11)27-14-5-2-12(3-6-14)9-15(21)19(24)25/h2-8,15,23H,9-10,21H2,1H3,(H,22,26)(H,24,25). The van der Waals surface area contributed by atoms with Crippen LogP contribution < -0.4 is 16.2 Å². The van der Waals surface area contributed by atoms with Gasteiger partial charge in [-0.3, -0.25) is 9.78 Å². The van der Waals surface area contributed by atoms with Gasteiger partial charge < -0.3 is 25.1 Å². The minimum absolute atomic E-state index is 0.174. The van der Waals surface area contributed by atoms with Crippen LogP contribution in [0, 0.1) is 6.92 Å². The van der Waals surface area contributed by atoms with Gasteiger partial charge in [0, 0.05) is 6.42 Å². The van der Waals surface area contributed by atoms with Crippen molar-refractivity contribution in [3.8, 4) is 17.4 Å². The van der Waals surface area contributed by atoms with Gasteiger partial charge in [-0.2, -0.15) is 0 Å². The number of hydrogen-bond acceptors (Lipinski definition) is 6. The van der Waals surface area contributed by atoms with E-state index in [2.05, 4.69) is 4.98 Å². The van der Waals surface area contributed by atoms with Crippen molar-refractivity contribution in [2.75, 3.05) is 0 Å². The predicted molar refractivity (Wildman–Crippen MR) is 101 cm³/mol. The van der Waals surface area contributed by atoms with Crippen LogP contribution in [0.4, 0.5) is 0 Å². The first-order chi connectivity index (χ1) is 13.3. The Bertz CT molecular complexity index is 1040. The summed E-state index contributed by atoms with van der Waals surface area (Å²) < 4.78 is 10.8. The first-order valence-corrected chi connectivity index (χ1v) is 8.57. The number of nitrogens with one attached hydrogen (secondary N) is 1. The van der Waals surface area contributed by atoms with E-state index < -0.39 is 17.8 Å². The number of benzene rings is 2. The quantitative estimate of drug-likeness (QED) is 0.490. The number of ether oxygens (including phenoxy) is 1. The summed E-state index contributed by atoms with van der Waals surface area (Å²) >= 11 is 0. The third-order valence-electron chi connectivity index (χ3n) is 4.23. The number of carboxylic acids is 1. The van der Waals surface area contributed by atoms with Crippen LogP contribution >= 0.6 is 0 Å². The lowest BCUT2D eigenvalue weighted by atomic mass is 10.1. The Balaban J connectivity index is 1.68. The fourth-order valence-corrected chi connectivity index (χ4v) is 2.76. The Morgan fingerprint density at radius 1 is 1.21 bits per heavy atom. The van der Waals surface area contributed by atoms with Crippen LogP contribution in [-0.2, 0) is 17.6 Å². The van der Waals surface area contributed by atoms with E-state index in [0.717, 1.165) is 16.7 Å². The van der Waals surface area contributed by atoms with Crippen LogP contribution in [0.2, 0.25) is 0 Å². The number of nitrogens with two attached hydrogens (primary N) is 1. The molecular weight excluding hydrogens is 364 g/mol. The number of aliphatic carboxylic acids is 1. The minimum atomic E-state index is -1.04. The predicted octanol–water partition coefficient (Wildman–Crippen LogP) is 2.32. The zero-order valence-corrected chi connectivity index (χ0v) is 15.1. The summed E-state index contributed by atoms with van der Waals surface area (Å²) in [6.45, 7) is 1.88. The minimum Gasteiger partial charge on any atom is -0.492 e. The molecule has 0 aliphatic carbocycles. The maximum atomic E-state index is 11.1. The molecule has 0 saturated carbocycles. The molecule has 1 atom stereocenters. The van der Waals surface area contributed by atoms with Gasteiger partial charge in [0.1, 0.15) is 17.5 Å². The number of rotatable bonds is 7. The lowest BCUT2D eigenvalue weighted by Crippen LogP contribution is -2.32. The average molecular weight is 384 g/mol. The largest absolute Gasteiger partial charge is 0.492 e. The van der Waals surface area contributed by atoms with Gasteiger partial charge in [-0.05, 0) is 48.2 Å². The summed E-state index contributed by atoms with van der Waals surface area (Å²) in [7, 11) is 0. The summed E-state index contributed by atoms with van der Waals surface area (Å²) in [6.07, 6.45) is 0.510. The van der Waals surface area contributed by atoms with Crippen LogP contribution in [-0.4, -0.2) is 27.2 Å². The molecule has 2 aromatic carbocycles. The van der Waals surface area contributed by atoms with Crippen LogP contribution in [0.1, 0.15) is 22.5 Å². The van der Waals surface area contributed by atoms with E-state index in [1.54, 1.807) is 30.3 Å². The molecule has 0 amide bonds. The molecule has 0 spiro atoms. The highest BCUT2D eigenvalue weighted by molar-refractivity contribution is 5.73. The molecular formula is C20H20N2O6. The van der Waals surface area contributed by atoms with Crippen molar-refractivity contribution in [3.05, 3.63) is 75.5 Å². The summed E-state index contributed by atoms with van der Waals surface area (Å²) in [6, 6.07) is 11.6. The van der Waals surface area contributed by atoms with Gasteiger partial charge in [-0.1, -0.05) is 24.3 Å². The van der Waals surface area contributed by atoms with Crippen molar-refractivity contribution in [1.29, 1.82) is 0 Å². The molecule has 1 aromatic heterocycles. The molecule has 0 fully saturated rings. The second-order valence-corrected chi connectivity index (χ2v) is 6.46. The molecule has 0 aliphatic rings. The van der Waals surface area contributed by atoms with Crippen molar-refractivity contribution in [2.24, 2.45) is 5.73 Å². The maximum Gasteiger partial charge on any atom is 0.419 e. The Morgan fingerprint density at radius 3 is 2.46 bits per heavy atom. The number of aromatic amines is 1. The van der Waals surface area contributed by atoms with Crippen molar-refractivity contribution in [1.82, 2.24) is 4.98 Å². The highest BCUT2D eigenvalue weighted by atomic mass is 16.5. The second-order valence-electron chi connectivity index (χ2n) is 6.46.